The molecule has 0 aliphatic rings. The third-order valence-corrected chi connectivity index (χ3v) is 5.12. The molecular formula is C23H20F2N2O5. The molecule has 3 aromatic rings. The zero-order valence-corrected chi connectivity index (χ0v) is 17.2. The SMILES string of the molecule is COC(=O)c1cc([N+](=O)[O-])c(=O)n(CCCC(c2ccc(F)cc2)c2ccc(F)cc2)c1. The third-order valence-electron chi connectivity index (χ3n) is 5.12. The molecule has 1 heterocycles. The van der Waals surface area contributed by atoms with E-state index >= 15 is 0 Å². The first kappa shape index (κ1) is 22.8. The van der Waals surface area contributed by atoms with Crippen molar-refractivity contribution in [1.29, 1.82) is 0 Å². The third kappa shape index (κ3) is 5.23. The molecule has 0 aliphatic carbocycles. The molecule has 0 saturated carbocycles. The van der Waals surface area contributed by atoms with Crippen molar-refractivity contribution in [2.24, 2.45) is 0 Å². The number of aryl methyl sites for hydroxylation is 1. The zero-order chi connectivity index (χ0) is 23.3. The maximum atomic E-state index is 13.4. The molecule has 9 heteroatoms. The van der Waals surface area contributed by atoms with Gasteiger partial charge in [0, 0.05) is 24.7 Å². The van der Waals surface area contributed by atoms with Crippen LogP contribution in [0.15, 0.2) is 65.6 Å². The highest BCUT2D eigenvalue weighted by atomic mass is 19.1. The molecule has 166 valence electrons. The van der Waals surface area contributed by atoms with Gasteiger partial charge in [-0.3, -0.25) is 14.9 Å². The average Bonchev–Trinajstić information content (AvgIpc) is 2.78. The lowest BCUT2D eigenvalue weighted by molar-refractivity contribution is -0.386. The van der Waals surface area contributed by atoms with Crippen molar-refractivity contribution in [2.75, 3.05) is 7.11 Å². The number of nitro groups is 1. The Bertz CT molecular complexity index is 1130. The highest BCUT2D eigenvalue weighted by molar-refractivity contribution is 5.89. The number of esters is 1. The van der Waals surface area contributed by atoms with E-state index in [1.165, 1.54) is 30.5 Å². The number of aromatic nitrogens is 1. The van der Waals surface area contributed by atoms with Crippen LogP contribution in [0.5, 0.6) is 0 Å². The van der Waals surface area contributed by atoms with Crippen LogP contribution in [0.4, 0.5) is 14.5 Å². The van der Waals surface area contributed by atoms with Crippen molar-refractivity contribution in [1.82, 2.24) is 4.57 Å². The highest BCUT2D eigenvalue weighted by Crippen LogP contribution is 2.30. The molecule has 0 fully saturated rings. The maximum absolute atomic E-state index is 13.4. The lowest BCUT2D eigenvalue weighted by atomic mass is 9.87. The number of benzene rings is 2. The van der Waals surface area contributed by atoms with Gasteiger partial charge in [0.1, 0.15) is 11.6 Å². The Hall–Kier alpha value is -3.88. The van der Waals surface area contributed by atoms with Crippen LogP contribution in [0.3, 0.4) is 0 Å². The van der Waals surface area contributed by atoms with Crippen LogP contribution in [-0.4, -0.2) is 22.6 Å². The molecule has 2 aromatic carbocycles. The van der Waals surface area contributed by atoms with Gasteiger partial charge in [0.2, 0.25) is 0 Å². The summed E-state index contributed by atoms with van der Waals surface area (Å²) in [5.41, 5.74) is -0.0454. The van der Waals surface area contributed by atoms with Gasteiger partial charge in [0.15, 0.2) is 0 Å². The number of carbonyl (C=O) groups excluding carboxylic acids is 1. The molecule has 32 heavy (non-hydrogen) atoms. The summed E-state index contributed by atoms with van der Waals surface area (Å²) in [6, 6.07) is 12.8. The normalized spacial score (nSPS) is 10.9. The highest BCUT2D eigenvalue weighted by Gasteiger charge is 2.21. The van der Waals surface area contributed by atoms with Crippen LogP contribution >= 0.6 is 0 Å². The minimum atomic E-state index is -0.842. The fourth-order valence-corrected chi connectivity index (χ4v) is 3.53. The molecule has 7 nitrogen and oxygen atoms in total. The van der Waals surface area contributed by atoms with Gasteiger partial charge in [-0.25, -0.2) is 13.6 Å². The topological polar surface area (TPSA) is 91.4 Å². The first-order chi connectivity index (χ1) is 15.3. The summed E-state index contributed by atoms with van der Waals surface area (Å²) >= 11 is 0. The fraction of sp³-hybridized carbons (Fsp3) is 0.217. The van der Waals surface area contributed by atoms with Gasteiger partial charge in [-0.05, 0) is 48.2 Å². The van der Waals surface area contributed by atoms with E-state index in [1.807, 2.05) is 0 Å². The summed E-state index contributed by atoms with van der Waals surface area (Å²) in [5, 5.41) is 11.2. The van der Waals surface area contributed by atoms with E-state index in [2.05, 4.69) is 4.74 Å². The number of methoxy groups -OCH3 is 1. The van der Waals surface area contributed by atoms with Crippen LogP contribution in [0.25, 0.3) is 0 Å². The molecule has 3 rings (SSSR count). The molecule has 0 atom stereocenters. The minimum absolute atomic E-state index is 0.101. The number of nitrogens with zero attached hydrogens (tertiary/aromatic N) is 2. The summed E-state index contributed by atoms with van der Waals surface area (Å²) in [6.07, 6.45) is 2.12. The van der Waals surface area contributed by atoms with E-state index in [-0.39, 0.29) is 29.7 Å². The van der Waals surface area contributed by atoms with Crippen molar-refractivity contribution >= 4 is 11.7 Å². The molecule has 0 unspecified atom stereocenters. The van der Waals surface area contributed by atoms with Gasteiger partial charge >= 0.3 is 17.2 Å². The Morgan fingerprint density at radius 2 is 1.59 bits per heavy atom. The summed E-state index contributed by atoms with van der Waals surface area (Å²) in [4.78, 5) is 34.7. The number of pyridine rings is 1. The number of hydrogen-bond acceptors (Lipinski definition) is 5. The predicted octanol–water partition coefficient (Wildman–Crippen LogP) is 4.43. The lowest BCUT2D eigenvalue weighted by Gasteiger charge is -2.19. The Balaban J connectivity index is 1.87. The minimum Gasteiger partial charge on any atom is -0.465 e. The summed E-state index contributed by atoms with van der Waals surface area (Å²) in [5.74, 6) is -1.78. The van der Waals surface area contributed by atoms with E-state index in [1.54, 1.807) is 24.3 Å². The van der Waals surface area contributed by atoms with Gasteiger partial charge in [-0.1, -0.05) is 24.3 Å². The molecule has 0 radical (unpaired) electrons. The number of carbonyl (C=O) groups is 1. The van der Waals surface area contributed by atoms with Crippen molar-refractivity contribution in [2.45, 2.75) is 25.3 Å². The van der Waals surface area contributed by atoms with E-state index < -0.39 is 22.1 Å². The Morgan fingerprint density at radius 3 is 2.06 bits per heavy atom. The molecule has 1 aromatic heterocycles. The fourth-order valence-electron chi connectivity index (χ4n) is 3.53. The largest absolute Gasteiger partial charge is 0.465 e. The van der Waals surface area contributed by atoms with Crippen LogP contribution < -0.4 is 5.56 Å². The van der Waals surface area contributed by atoms with Crippen LogP contribution in [0.2, 0.25) is 0 Å². The van der Waals surface area contributed by atoms with Gasteiger partial charge in [0.25, 0.3) is 0 Å². The quantitative estimate of drug-likeness (QED) is 0.292. The van der Waals surface area contributed by atoms with Crippen molar-refractivity contribution in [3.05, 3.63) is 110 Å². The molecule has 0 saturated heterocycles. The number of hydrogen-bond donors (Lipinski definition) is 0. The average molecular weight is 442 g/mol. The molecule has 0 aliphatic heterocycles. The first-order valence-corrected chi connectivity index (χ1v) is 9.78. The van der Waals surface area contributed by atoms with Crippen molar-refractivity contribution < 1.29 is 23.2 Å². The summed E-state index contributed by atoms with van der Waals surface area (Å²) in [7, 11) is 1.14. The summed E-state index contributed by atoms with van der Waals surface area (Å²) < 4.78 is 32.5. The van der Waals surface area contributed by atoms with Gasteiger partial charge < -0.3 is 9.30 Å². The molecule has 0 bridgehead atoms. The standard InChI is InChI=1S/C23H20F2N2O5/c1-32-23(29)17-13-21(27(30)31)22(28)26(14-17)12-2-3-20(15-4-8-18(24)9-5-15)16-6-10-19(25)11-7-16/h4-11,13-14,20H,2-3,12H2,1H3. The smallest absolute Gasteiger partial charge is 0.339 e. The molecule has 0 amide bonds. The second kappa shape index (κ2) is 9.95. The van der Waals surface area contributed by atoms with Gasteiger partial charge in [-0.2, -0.15) is 0 Å². The van der Waals surface area contributed by atoms with E-state index in [0.29, 0.717) is 12.8 Å². The number of ether oxygens (including phenoxy) is 1. The van der Waals surface area contributed by atoms with E-state index in [0.717, 1.165) is 28.9 Å². The van der Waals surface area contributed by atoms with Crippen molar-refractivity contribution in [3.8, 4) is 0 Å². The van der Waals surface area contributed by atoms with Crippen molar-refractivity contribution in [3.63, 3.8) is 0 Å². The van der Waals surface area contributed by atoms with Gasteiger partial charge in [0.05, 0.1) is 17.6 Å². The molecule has 0 spiro atoms. The van der Waals surface area contributed by atoms with Crippen LogP contribution in [-0.2, 0) is 11.3 Å². The molecular weight excluding hydrogens is 422 g/mol. The van der Waals surface area contributed by atoms with E-state index in [4.69, 9.17) is 0 Å². The maximum Gasteiger partial charge on any atom is 0.339 e. The monoisotopic (exact) mass is 442 g/mol. The second-order valence-corrected chi connectivity index (χ2v) is 7.16. The van der Waals surface area contributed by atoms with Gasteiger partial charge in [-0.15, -0.1) is 0 Å². The molecule has 0 N–H and O–H groups in total. The number of rotatable bonds is 8. The summed E-state index contributed by atoms with van der Waals surface area (Å²) in [6.45, 7) is 0.101. The Labute approximate surface area is 182 Å². The second-order valence-electron chi connectivity index (χ2n) is 7.16. The van der Waals surface area contributed by atoms with Crippen LogP contribution in [0, 0.1) is 21.7 Å². The lowest BCUT2D eigenvalue weighted by Crippen LogP contribution is -2.24. The Kier molecular flexibility index (Phi) is 7.09. The predicted molar refractivity (Wildman–Crippen MR) is 113 cm³/mol. The number of halogens is 2. The zero-order valence-electron chi connectivity index (χ0n) is 17.2. The van der Waals surface area contributed by atoms with Crippen LogP contribution in [0.1, 0.15) is 40.2 Å². The Morgan fingerprint density at radius 1 is 1.06 bits per heavy atom. The van der Waals surface area contributed by atoms with E-state index in [9.17, 15) is 28.5 Å². The first-order valence-electron chi connectivity index (χ1n) is 9.78.